The van der Waals surface area contributed by atoms with E-state index in [4.69, 9.17) is 9.88 Å². The maximum atomic E-state index is 11.1. The summed E-state index contributed by atoms with van der Waals surface area (Å²) in [4.78, 5) is 0.152. The van der Waals surface area contributed by atoms with Gasteiger partial charge in [0.1, 0.15) is 0 Å². The van der Waals surface area contributed by atoms with Gasteiger partial charge in [0.05, 0.1) is 4.90 Å². The molecule has 0 aromatic heterocycles. The van der Waals surface area contributed by atoms with Crippen LogP contribution in [0, 0.1) is 0 Å². The molecule has 1 aromatic rings. The molecule has 1 heterocycles. The minimum absolute atomic E-state index is 0.152. The molecular formula is C13H20N2O3S. The molecule has 0 radical (unpaired) electrons. The molecule has 3 N–H and O–H groups in total. The Labute approximate surface area is 114 Å². The fraction of sp³-hybridized carbons (Fsp3) is 0.538. The summed E-state index contributed by atoms with van der Waals surface area (Å²) in [6, 6.07) is 7.14. The zero-order valence-electron chi connectivity index (χ0n) is 10.8. The molecule has 1 aliphatic rings. The van der Waals surface area contributed by atoms with Crippen LogP contribution < -0.4 is 10.5 Å². The summed E-state index contributed by atoms with van der Waals surface area (Å²) in [6.07, 6.45) is 3.23. The fourth-order valence-electron chi connectivity index (χ4n) is 2.17. The van der Waals surface area contributed by atoms with Gasteiger partial charge in [0.2, 0.25) is 10.0 Å². The second kappa shape index (κ2) is 6.47. The smallest absolute Gasteiger partial charge is 0.238 e. The number of rotatable bonds is 4. The van der Waals surface area contributed by atoms with Crippen molar-refractivity contribution in [3.8, 4) is 0 Å². The Bertz CT molecular complexity index is 491. The van der Waals surface area contributed by atoms with Gasteiger partial charge in [0, 0.05) is 25.8 Å². The first-order valence-corrected chi connectivity index (χ1v) is 8.03. The molecule has 2 rings (SSSR count). The van der Waals surface area contributed by atoms with Crippen molar-refractivity contribution in [2.24, 2.45) is 5.14 Å². The minimum atomic E-state index is -3.60. The first-order chi connectivity index (χ1) is 9.05. The largest absolute Gasteiger partial charge is 0.381 e. The maximum absolute atomic E-state index is 11.1. The van der Waals surface area contributed by atoms with Crippen molar-refractivity contribution >= 4 is 10.0 Å². The monoisotopic (exact) mass is 284 g/mol. The van der Waals surface area contributed by atoms with Crippen LogP contribution in [0.3, 0.4) is 0 Å². The van der Waals surface area contributed by atoms with E-state index in [1.165, 1.54) is 0 Å². The van der Waals surface area contributed by atoms with Gasteiger partial charge in [0.15, 0.2) is 0 Å². The molecule has 106 valence electrons. The van der Waals surface area contributed by atoms with E-state index in [1.54, 1.807) is 24.3 Å². The summed E-state index contributed by atoms with van der Waals surface area (Å²) in [6.45, 7) is 2.39. The average molecular weight is 284 g/mol. The molecule has 0 amide bonds. The van der Waals surface area contributed by atoms with Crippen molar-refractivity contribution in [3.05, 3.63) is 29.8 Å². The highest BCUT2D eigenvalue weighted by molar-refractivity contribution is 7.89. The molecule has 5 nitrogen and oxygen atoms in total. The third-order valence-corrected chi connectivity index (χ3v) is 4.23. The van der Waals surface area contributed by atoms with Crippen molar-refractivity contribution in [1.82, 2.24) is 5.32 Å². The Morgan fingerprint density at radius 1 is 1.21 bits per heavy atom. The lowest BCUT2D eigenvalue weighted by Gasteiger charge is -2.15. The lowest BCUT2D eigenvalue weighted by Crippen LogP contribution is -2.28. The van der Waals surface area contributed by atoms with Crippen LogP contribution in [0.25, 0.3) is 0 Å². The van der Waals surface area contributed by atoms with Crippen LogP contribution in [0.15, 0.2) is 29.2 Å². The van der Waals surface area contributed by atoms with E-state index >= 15 is 0 Å². The highest BCUT2D eigenvalue weighted by Gasteiger charge is 2.12. The van der Waals surface area contributed by atoms with Crippen LogP contribution >= 0.6 is 0 Å². The molecule has 6 heteroatoms. The van der Waals surface area contributed by atoms with Gasteiger partial charge < -0.3 is 10.1 Å². The first-order valence-electron chi connectivity index (χ1n) is 6.48. The normalized spacial score (nSPS) is 21.0. The van der Waals surface area contributed by atoms with E-state index in [0.717, 1.165) is 44.6 Å². The molecule has 0 aliphatic carbocycles. The van der Waals surface area contributed by atoms with Gasteiger partial charge in [-0.25, -0.2) is 13.6 Å². The SMILES string of the molecule is NS(=O)(=O)c1ccc(CNC2CCCOCC2)cc1. The van der Waals surface area contributed by atoms with Gasteiger partial charge in [-0.15, -0.1) is 0 Å². The van der Waals surface area contributed by atoms with E-state index in [9.17, 15) is 8.42 Å². The Balaban J connectivity index is 1.89. The van der Waals surface area contributed by atoms with E-state index < -0.39 is 10.0 Å². The van der Waals surface area contributed by atoms with Crippen molar-refractivity contribution in [2.75, 3.05) is 13.2 Å². The Kier molecular flexibility index (Phi) is 4.93. The molecule has 1 fully saturated rings. The van der Waals surface area contributed by atoms with Crippen LogP contribution in [-0.4, -0.2) is 27.7 Å². The number of hydrogen-bond acceptors (Lipinski definition) is 4. The molecule has 1 atom stereocenters. The minimum Gasteiger partial charge on any atom is -0.381 e. The molecule has 0 saturated carbocycles. The van der Waals surface area contributed by atoms with E-state index in [0.29, 0.717) is 6.04 Å². The number of sulfonamides is 1. The van der Waals surface area contributed by atoms with Crippen LogP contribution in [0.5, 0.6) is 0 Å². The number of ether oxygens (including phenoxy) is 1. The summed E-state index contributed by atoms with van der Waals surface area (Å²) in [7, 11) is -3.60. The number of primary sulfonamides is 1. The first kappa shape index (κ1) is 14.5. The predicted molar refractivity (Wildman–Crippen MR) is 73.1 cm³/mol. The summed E-state index contributed by atoms with van der Waals surface area (Å²) < 4.78 is 27.7. The molecule has 1 saturated heterocycles. The molecule has 1 aromatic carbocycles. The van der Waals surface area contributed by atoms with Crippen molar-refractivity contribution in [3.63, 3.8) is 0 Å². The van der Waals surface area contributed by atoms with Gasteiger partial charge in [0.25, 0.3) is 0 Å². The molecule has 0 bridgehead atoms. The third-order valence-electron chi connectivity index (χ3n) is 3.30. The number of nitrogens with two attached hydrogens (primary N) is 1. The second-order valence-corrected chi connectivity index (χ2v) is 6.37. The Hall–Kier alpha value is -0.950. The fourth-order valence-corrected chi connectivity index (χ4v) is 2.68. The molecule has 19 heavy (non-hydrogen) atoms. The summed E-state index contributed by atoms with van der Waals surface area (Å²) >= 11 is 0. The Morgan fingerprint density at radius 2 is 1.95 bits per heavy atom. The van der Waals surface area contributed by atoms with E-state index in [1.807, 2.05) is 0 Å². The summed E-state index contributed by atoms with van der Waals surface area (Å²) in [5.41, 5.74) is 1.05. The third kappa shape index (κ3) is 4.58. The topological polar surface area (TPSA) is 81.4 Å². The zero-order valence-corrected chi connectivity index (χ0v) is 11.7. The highest BCUT2D eigenvalue weighted by Crippen LogP contribution is 2.11. The second-order valence-electron chi connectivity index (χ2n) is 4.81. The van der Waals surface area contributed by atoms with Crippen LogP contribution in [-0.2, 0) is 21.3 Å². The van der Waals surface area contributed by atoms with E-state index in [-0.39, 0.29) is 4.90 Å². The van der Waals surface area contributed by atoms with Crippen LogP contribution in [0.2, 0.25) is 0 Å². The van der Waals surface area contributed by atoms with Crippen molar-refractivity contribution < 1.29 is 13.2 Å². The quantitative estimate of drug-likeness (QED) is 0.864. The Morgan fingerprint density at radius 3 is 2.63 bits per heavy atom. The molecular weight excluding hydrogens is 264 g/mol. The predicted octanol–water partition coefficient (Wildman–Crippen LogP) is 0.993. The van der Waals surface area contributed by atoms with Crippen molar-refractivity contribution in [1.29, 1.82) is 0 Å². The highest BCUT2D eigenvalue weighted by atomic mass is 32.2. The van der Waals surface area contributed by atoms with Crippen LogP contribution in [0.4, 0.5) is 0 Å². The lowest BCUT2D eigenvalue weighted by atomic mass is 10.1. The molecule has 1 unspecified atom stereocenters. The number of hydrogen-bond donors (Lipinski definition) is 2. The zero-order chi connectivity index (χ0) is 13.7. The van der Waals surface area contributed by atoms with Gasteiger partial charge in [-0.1, -0.05) is 12.1 Å². The average Bonchev–Trinajstić information content (AvgIpc) is 2.64. The van der Waals surface area contributed by atoms with Gasteiger partial charge >= 0.3 is 0 Å². The number of nitrogens with one attached hydrogen (secondary N) is 1. The van der Waals surface area contributed by atoms with Gasteiger partial charge in [-0.2, -0.15) is 0 Å². The maximum Gasteiger partial charge on any atom is 0.238 e. The van der Waals surface area contributed by atoms with Crippen molar-refractivity contribution in [2.45, 2.75) is 36.7 Å². The van der Waals surface area contributed by atoms with Gasteiger partial charge in [-0.3, -0.25) is 0 Å². The van der Waals surface area contributed by atoms with Crippen LogP contribution in [0.1, 0.15) is 24.8 Å². The van der Waals surface area contributed by atoms with E-state index in [2.05, 4.69) is 5.32 Å². The van der Waals surface area contributed by atoms with Gasteiger partial charge in [-0.05, 0) is 37.0 Å². The lowest BCUT2D eigenvalue weighted by molar-refractivity contribution is 0.142. The molecule has 0 spiro atoms. The standard InChI is InChI=1S/C13H20N2O3S/c14-19(16,17)13-5-3-11(4-6-13)10-15-12-2-1-8-18-9-7-12/h3-6,12,15H,1-2,7-10H2,(H2,14,16,17). The molecule has 1 aliphatic heterocycles. The summed E-state index contributed by atoms with van der Waals surface area (Å²) in [5, 5.41) is 8.53. The summed E-state index contributed by atoms with van der Waals surface area (Å²) in [5.74, 6) is 0. The number of benzene rings is 1.